The van der Waals surface area contributed by atoms with Crippen molar-refractivity contribution >= 4 is 0 Å². The fourth-order valence-electron chi connectivity index (χ4n) is 9.67. The van der Waals surface area contributed by atoms with Gasteiger partial charge in [-0.15, -0.1) is 0 Å². The van der Waals surface area contributed by atoms with Crippen molar-refractivity contribution in [1.82, 2.24) is 0 Å². The zero-order valence-corrected chi connectivity index (χ0v) is 23.1. The van der Waals surface area contributed by atoms with E-state index in [1.54, 1.807) is 5.56 Å². The predicted molar refractivity (Wildman–Crippen MR) is 159 cm³/mol. The third-order valence-electron chi connectivity index (χ3n) is 10.8. The van der Waals surface area contributed by atoms with Crippen LogP contribution in [-0.4, -0.2) is 0 Å². The monoisotopic (exact) mass is 494 g/mol. The van der Waals surface area contributed by atoms with Crippen LogP contribution < -0.4 is 0 Å². The average molecular weight is 495 g/mol. The number of fused-ring (bicyclic) bond motifs is 3. The van der Waals surface area contributed by atoms with Gasteiger partial charge in [-0.2, -0.15) is 0 Å². The second kappa shape index (κ2) is 7.95. The summed E-state index contributed by atoms with van der Waals surface area (Å²) >= 11 is 0. The van der Waals surface area contributed by atoms with E-state index in [4.69, 9.17) is 0 Å². The first-order valence-electron chi connectivity index (χ1n) is 14.9. The molecule has 0 aromatic heterocycles. The molecule has 0 unspecified atom stereocenters. The number of hydrogen-bond acceptors (Lipinski definition) is 0. The van der Waals surface area contributed by atoms with E-state index in [9.17, 15) is 0 Å². The lowest BCUT2D eigenvalue weighted by molar-refractivity contribution is -0.00518. The Labute approximate surface area is 228 Å². The predicted octanol–water partition coefficient (Wildman–Crippen LogP) is 10.1. The number of rotatable bonds is 3. The largest absolute Gasteiger partial charge is 0.0619 e. The zero-order valence-electron chi connectivity index (χ0n) is 23.1. The summed E-state index contributed by atoms with van der Waals surface area (Å²) < 4.78 is 0. The van der Waals surface area contributed by atoms with Gasteiger partial charge in [-0.05, 0) is 130 Å². The van der Waals surface area contributed by atoms with Crippen LogP contribution in [0.25, 0.3) is 33.4 Å². The topological polar surface area (TPSA) is 0 Å². The van der Waals surface area contributed by atoms with Crippen molar-refractivity contribution in [1.29, 1.82) is 0 Å². The fourth-order valence-corrected chi connectivity index (χ4v) is 9.67. The first-order chi connectivity index (χ1) is 18.4. The van der Waals surface area contributed by atoms with E-state index in [0.29, 0.717) is 5.41 Å². The summed E-state index contributed by atoms with van der Waals surface area (Å²) in [6.45, 7) is 7.03. The van der Waals surface area contributed by atoms with Gasteiger partial charge in [0.1, 0.15) is 0 Å². The molecule has 0 aliphatic heterocycles. The Morgan fingerprint density at radius 1 is 0.579 bits per heavy atom. The molecule has 38 heavy (non-hydrogen) atoms. The fraction of sp³-hybridized carbons (Fsp3) is 0.368. The molecule has 4 aromatic carbocycles. The van der Waals surface area contributed by atoms with Crippen LogP contribution in [0.3, 0.4) is 0 Å². The molecular weight excluding hydrogens is 456 g/mol. The van der Waals surface area contributed by atoms with E-state index < -0.39 is 0 Å². The molecule has 0 spiro atoms. The quantitative estimate of drug-likeness (QED) is 0.266. The summed E-state index contributed by atoms with van der Waals surface area (Å²) in [4.78, 5) is 0. The molecule has 4 aromatic rings. The first-order valence-corrected chi connectivity index (χ1v) is 14.9. The Bertz CT molecular complexity index is 1530. The van der Waals surface area contributed by atoms with Gasteiger partial charge in [-0.3, -0.25) is 0 Å². The summed E-state index contributed by atoms with van der Waals surface area (Å²) in [6, 6.07) is 32.8. The van der Waals surface area contributed by atoms with Crippen LogP contribution in [0, 0.1) is 24.7 Å². The normalized spacial score (nSPS) is 27.8. The minimum Gasteiger partial charge on any atom is -0.0619 e. The molecule has 5 aliphatic carbocycles. The second-order valence-electron chi connectivity index (χ2n) is 13.8. The van der Waals surface area contributed by atoms with E-state index in [0.717, 1.165) is 17.8 Å². The molecule has 5 aliphatic rings. The van der Waals surface area contributed by atoms with Crippen LogP contribution in [0.5, 0.6) is 0 Å². The maximum Gasteiger partial charge on any atom is 0.0165 e. The highest BCUT2D eigenvalue weighted by Crippen LogP contribution is 2.61. The molecule has 0 heterocycles. The SMILES string of the molecule is Cc1cc(-c2ccc(C34CC5CC(CC(C5)C3)C4)cc2)cc(-c2cccc3c2C(C)(C)c2ccccc2-3)c1. The summed E-state index contributed by atoms with van der Waals surface area (Å²) in [7, 11) is 0. The summed E-state index contributed by atoms with van der Waals surface area (Å²) in [5, 5.41) is 0. The van der Waals surface area contributed by atoms with Gasteiger partial charge in [0, 0.05) is 5.41 Å². The van der Waals surface area contributed by atoms with E-state index in [-0.39, 0.29) is 5.41 Å². The molecular formula is C38H38. The van der Waals surface area contributed by atoms with Crippen molar-refractivity contribution < 1.29 is 0 Å². The molecule has 0 heteroatoms. The van der Waals surface area contributed by atoms with Gasteiger partial charge < -0.3 is 0 Å². The van der Waals surface area contributed by atoms with E-state index in [1.807, 2.05) is 0 Å². The van der Waals surface area contributed by atoms with Gasteiger partial charge >= 0.3 is 0 Å². The molecule has 4 saturated carbocycles. The Morgan fingerprint density at radius 3 is 1.89 bits per heavy atom. The molecule has 4 bridgehead atoms. The van der Waals surface area contributed by atoms with Crippen LogP contribution in [0.4, 0.5) is 0 Å². The third kappa shape index (κ3) is 3.28. The molecule has 0 amide bonds. The third-order valence-corrected chi connectivity index (χ3v) is 10.8. The summed E-state index contributed by atoms with van der Waals surface area (Å²) in [5.74, 6) is 2.97. The highest BCUT2D eigenvalue weighted by Gasteiger charge is 2.51. The minimum absolute atomic E-state index is 0.00800. The average Bonchev–Trinajstić information content (AvgIpc) is 3.15. The Balaban J connectivity index is 1.18. The molecule has 0 N–H and O–H groups in total. The Hall–Kier alpha value is -3.12. The van der Waals surface area contributed by atoms with E-state index in [2.05, 4.69) is 106 Å². The molecule has 0 nitrogen and oxygen atoms in total. The highest BCUT2D eigenvalue weighted by molar-refractivity contribution is 5.89. The van der Waals surface area contributed by atoms with Gasteiger partial charge in [0.25, 0.3) is 0 Å². The van der Waals surface area contributed by atoms with Crippen molar-refractivity contribution in [2.45, 2.75) is 70.1 Å². The van der Waals surface area contributed by atoms with E-state index in [1.165, 1.54) is 88.6 Å². The maximum absolute atomic E-state index is 2.49. The minimum atomic E-state index is -0.00800. The van der Waals surface area contributed by atoms with Crippen molar-refractivity contribution in [2.75, 3.05) is 0 Å². The van der Waals surface area contributed by atoms with Gasteiger partial charge in [-0.25, -0.2) is 0 Å². The van der Waals surface area contributed by atoms with Crippen molar-refractivity contribution in [3.8, 4) is 33.4 Å². The lowest BCUT2D eigenvalue weighted by Crippen LogP contribution is -2.48. The molecule has 0 radical (unpaired) electrons. The van der Waals surface area contributed by atoms with E-state index >= 15 is 0 Å². The van der Waals surface area contributed by atoms with Crippen LogP contribution >= 0.6 is 0 Å². The van der Waals surface area contributed by atoms with Crippen LogP contribution in [0.15, 0.2) is 84.9 Å². The number of aryl methyl sites for hydroxylation is 1. The van der Waals surface area contributed by atoms with Crippen molar-refractivity contribution in [3.63, 3.8) is 0 Å². The van der Waals surface area contributed by atoms with Crippen molar-refractivity contribution in [2.24, 2.45) is 17.8 Å². The molecule has 0 saturated heterocycles. The van der Waals surface area contributed by atoms with Crippen LogP contribution in [-0.2, 0) is 10.8 Å². The molecule has 0 atom stereocenters. The van der Waals surface area contributed by atoms with Crippen LogP contribution in [0.1, 0.15) is 74.6 Å². The van der Waals surface area contributed by atoms with Gasteiger partial charge in [-0.1, -0.05) is 92.7 Å². The van der Waals surface area contributed by atoms with Gasteiger partial charge in [0.05, 0.1) is 0 Å². The van der Waals surface area contributed by atoms with Gasteiger partial charge in [0.15, 0.2) is 0 Å². The smallest absolute Gasteiger partial charge is 0.0165 e. The standard InChI is InChI=1S/C38H38/c1-24-15-29(28-11-13-31(14-12-28)38-21-25-17-26(22-38)19-27(18-25)23-38)20-30(16-24)32-8-6-9-34-33-7-4-5-10-35(33)37(2,3)36(32)34/h4-16,20,25-27H,17-19,21-23H2,1-3H3. The number of benzene rings is 4. The Morgan fingerprint density at radius 2 is 1.18 bits per heavy atom. The maximum atomic E-state index is 2.49. The molecule has 9 rings (SSSR count). The highest BCUT2D eigenvalue weighted by atomic mass is 14.6. The van der Waals surface area contributed by atoms with Gasteiger partial charge in [0.2, 0.25) is 0 Å². The lowest BCUT2D eigenvalue weighted by Gasteiger charge is -2.57. The number of hydrogen-bond donors (Lipinski definition) is 0. The second-order valence-corrected chi connectivity index (χ2v) is 13.8. The molecule has 190 valence electrons. The first kappa shape index (κ1) is 22.8. The molecule has 4 fully saturated rings. The van der Waals surface area contributed by atoms with Crippen LogP contribution in [0.2, 0.25) is 0 Å². The summed E-state index contributed by atoms with van der Waals surface area (Å²) in [5.41, 5.74) is 14.5. The zero-order chi connectivity index (χ0) is 25.6. The Kier molecular flexibility index (Phi) is 4.78. The summed E-state index contributed by atoms with van der Waals surface area (Å²) in [6.07, 6.45) is 8.83. The van der Waals surface area contributed by atoms with Crippen molar-refractivity contribution in [3.05, 3.63) is 107 Å². The lowest BCUT2D eigenvalue weighted by atomic mass is 9.48.